The highest BCUT2D eigenvalue weighted by Gasteiger charge is 2.12. The lowest BCUT2D eigenvalue weighted by molar-refractivity contribution is -0.908. The van der Waals surface area contributed by atoms with E-state index in [1.807, 2.05) is 0 Å². The predicted molar refractivity (Wildman–Crippen MR) is 98.1 cm³/mol. The molecule has 8 heteroatoms. The fourth-order valence-corrected chi connectivity index (χ4v) is 2.81. The minimum atomic E-state index is 0.172. The summed E-state index contributed by atoms with van der Waals surface area (Å²) in [6.07, 6.45) is 2.58. The summed E-state index contributed by atoms with van der Waals surface area (Å²) in [5, 5.41) is 17.3. The Balaban J connectivity index is 1.62. The molecule has 1 saturated heterocycles. The van der Waals surface area contributed by atoms with Crippen LogP contribution in [0.15, 0.2) is 27.8 Å². The van der Waals surface area contributed by atoms with Gasteiger partial charge in [-0.15, -0.1) is 0 Å². The average Bonchev–Trinajstić information content (AvgIpc) is 2.56. The first-order chi connectivity index (χ1) is 11.1. The fraction of sp³-hybridized carbons (Fsp3) is 0.467. The maximum atomic E-state index is 9.70. The molecule has 6 nitrogen and oxygen atoms in total. The largest absolute Gasteiger partial charge is 0.507 e. The van der Waals surface area contributed by atoms with Gasteiger partial charge in [-0.05, 0) is 30.4 Å². The monoisotopic (exact) mass is 401 g/mol. The van der Waals surface area contributed by atoms with E-state index in [0.29, 0.717) is 10.7 Å². The van der Waals surface area contributed by atoms with Crippen LogP contribution in [0.4, 0.5) is 0 Å². The number of hydrogen-bond donors (Lipinski definition) is 4. The minimum Gasteiger partial charge on any atom is -0.507 e. The number of aromatic hydroxyl groups is 1. The fourth-order valence-electron chi connectivity index (χ4n) is 2.28. The highest BCUT2D eigenvalue weighted by molar-refractivity contribution is 9.10. The Labute approximate surface area is 150 Å². The van der Waals surface area contributed by atoms with E-state index < -0.39 is 0 Å². The van der Waals surface area contributed by atoms with Gasteiger partial charge in [0, 0.05) is 23.0 Å². The van der Waals surface area contributed by atoms with Gasteiger partial charge in [0.25, 0.3) is 0 Å². The summed E-state index contributed by atoms with van der Waals surface area (Å²) in [5.74, 6) is 0.172. The SMILES string of the molecule is Oc1ccc(Br)cc1/C=N/NC(=S)NCCC[NH+]1CCOCC1. The predicted octanol–water partition coefficient (Wildman–Crippen LogP) is 0.258. The molecule has 0 bridgehead atoms. The molecule has 2 rings (SSSR count). The molecular formula is C15H22BrN4O2S+. The van der Waals surface area contributed by atoms with Gasteiger partial charge < -0.3 is 20.1 Å². The zero-order valence-corrected chi connectivity index (χ0v) is 15.3. The van der Waals surface area contributed by atoms with Crippen molar-refractivity contribution >= 4 is 39.5 Å². The quantitative estimate of drug-likeness (QED) is 0.238. The van der Waals surface area contributed by atoms with Crippen LogP contribution in [0, 0.1) is 0 Å². The molecule has 1 heterocycles. The second-order valence-electron chi connectivity index (χ2n) is 5.29. The maximum Gasteiger partial charge on any atom is 0.186 e. The van der Waals surface area contributed by atoms with Crippen molar-refractivity contribution in [2.75, 3.05) is 39.4 Å². The number of phenolic OH excluding ortho intramolecular Hbond substituents is 1. The van der Waals surface area contributed by atoms with E-state index in [-0.39, 0.29) is 5.75 Å². The zero-order valence-electron chi connectivity index (χ0n) is 12.8. The molecule has 0 unspecified atom stereocenters. The topological polar surface area (TPSA) is 70.3 Å². The Morgan fingerprint density at radius 1 is 1.43 bits per heavy atom. The lowest BCUT2D eigenvalue weighted by Crippen LogP contribution is -3.14. The van der Waals surface area contributed by atoms with E-state index in [0.717, 1.165) is 50.3 Å². The van der Waals surface area contributed by atoms with Crippen LogP contribution in [-0.2, 0) is 4.74 Å². The summed E-state index contributed by atoms with van der Waals surface area (Å²) in [5.41, 5.74) is 3.37. The van der Waals surface area contributed by atoms with Gasteiger partial charge in [-0.2, -0.15) is 5.10 Å². The first-order valence-electron chi connectivity index (χ1n) is 7.62. The molecular weight excluding hydrogens is 380 g/mol. The normalized spacial score (nSPS) is 15.7. The molecule has 1 aromatic rings. The average molecular weight is 402 g/mol. The van der Waals surface area contributed by atoms with Crippen LogP contribution in [0.2, 0.25) is 0 Å². The Morgan fingerprint density at radius 2 is 2.22 bits per heavy atom. The number of ether oxygens (including phenoxy) is 1. The summed E-state index contributed by atoms with van der Waals surface area (Å²) in [6, 6.07) is 5.15. The van der Waals surface area contributed by atoms with E-state index in [4.69, 9.17) is 17.0 Å². The van der Waals surface area contributed by atoms with Crippen LogP contribution in [0.3, 0.4) is 0 Å². The molecule has 126 valence electrons. The van der Waals surface area contributed by atoms with E-state index in [2.05, 4.69) is 31.8 Å². The molecule has 1 fully saturated rings. The third-order valence-electron chi connectivity index (χ3n) is 3.55. The first kappa shape index (κ1) is 18.1. The van der Waals surface area contributed by atoms with Crippen molar-refractivity contribution < 1.29 is 14.7 Å². The van der Waals surface area contributed by atoms with Gasteiger partial charge in [0.1, 0.15) is 18.8 Å². The van der Waals surface area contributed by atoms with E-state index in [1.54, 1.807) is 23.1 Å². The van der Waals surface area contributed by atoms with Gasteiger partial charge in [0.2, 0.25) is 0 Å². The molecule has 0 aliphatic carbocycles. The third kappa shape index (κ3) is 6.82. The summed E-state index contributed by atoms with van der Waals surface area (Å²) in [6.45, 7) is 5.83. The summed E-state index contributed by atoms with van der Waals surface area (Å²) < 4.78 is 6.21. The molecule has 1 aliphatic heterocycles. The van der Waals surface area contributed by atoms with Crippen LogP contribution in [0.5, 0.6) is 5.75 Å². The number of quaternary nitrogens is 1. The maximum absolute atomic E-state index is 9.70. The molecule has 0 amide bonds. The number of rotatable bonds is 6. The number of halogens is 1. The number of hydrazone groups is 1. The Hall–Kier alpha value is -1.22. The van der Waals surface area contributed by atoms with Gasteiger partial charge in [-0.3, -0.25) is 5.43 Å². The van der Waals surface area contributed by atoms with Crippen LogP contribution < -0.4 is 15.6 Å². The molecule has 0 spiro atoms. The molecule has 1 aliphatic rings. The van der Waals surface area contributed by atoms with E-state index in [1.165, 1.54) is 6.21 Å². The Morgan fingerprint density at radius 3 is 3.00 bits per heavy atom. The molecule has 0 radical (unpaired) electrons. The lowest BCUT2D eigenvalue weighted by atomic mass is 10.2. The van der Waals surface area contributed by atoms with Gasteiger partial charge in [0.15, 0.2) is 5.11 Å². The first-order valence-corrected chi connectivity index (χ1v) is 8.82. The minimum absolute atomic E-state index is 0.172. The smallest absolute Gasteiger partial charge is 0.186 e. The Bertz CT molecular complexity index is 550. The van der Waals surface area contributed by atoms with Crippen LogP contribution in [-0.4, -0.2) is 55.8 Å². The number of nitrogens with zero attached hydrogens (tertiary/aromatic N) is 1. The Kier molecular flexibility index (Phi) is 7.73. The van der Waals surface area contributed by atoms with Crippen LogP contribution >= 0.6 is 28.1 Å². The van der Waals surface area contributed by atoms with Gasteiger partial charge in [-0.25, -0.2) is 0 Å². The van der Waals surface area contributed by atoms with Crippen molar-refractivity contribution in [3.63, 3.8) is 0 Å². The number of benzene rings is 1. The number of hydrogen-bond acceptors (Lipinski definition) is 4. The van der Waals surface area contributed by atoms with Crippen LogP contribution in [0.1, 0.15) is 12.0 Å². The van der Waals surface area contributed by atoms with Gasteiger partial charge >= 0.3 is 0 Å². The molecule has 23 heavy (non-hydrogen) atoms. The highest BCUT2D eigenvalue weighted by atomic mass is 79.9. The molecule has 0 aromatic heterocycles. The van der Waals surface area contributed by atoms with Crippen molar-refractivity contribution in [2.24, 2.45) is 5.10 Å². The van der Waals surface area contributed by atoms with Crippen LogP contribution in [0.25, 0.3) is 0 Å². The third-order valence-corrected chi connectivity index (χ3v) is 4.28. The molecule has 0 saturated carbocycles. The zero-order chi connectivity index (χ0) is 16.5. The second-order valence-corrected chi connectivity index (χ2v) is 6.62. The number of nitrogens with one attached hydrogen (secondary N) is 3. The van der Waals surface area contributed by atoms with Gasteiger partial charge in [-0.1, -0.05) is 15.9 Å². The second kappa shape index (κ2) is 9.82. The van der Waals surface area contributed by atoms with E-state index >= 15 is 0 Å². The standard InChI is InChI=1S/C15H21BrN4O2S/c16-13-2-3-14(21)12(10-13)11-18-19-15(23)17-4-1-5-20-6-8-22-9-7-20/h2-3,10-11,21H,1,4-9H2,(H2,17,19,23)/p+1/b18-11+. The summed E-state index contributed by atoms with van der Waals surface area (Å²) in [7, 11) is 0. The van der Waals surface area contributed by atoms with Gasteiger partial charge in [0.05, 0.1) is 26.0 Å². The number of morpholine rings is 1. The van der Waals surface area contributed by atoms with Crippen molar-refractivity contribution in [2.45, 2.75) is 6.42 Å². The van der Waals surface area contributed by atoms with Crippen molar-refractivity contribution in [3.8, 4) is 5.75 Å². The lowest BCUT2D eigenvalue weighted by Gasteiger charge is -2.23. The van der Waals surface area contributed by atoms with Crippen molar-refractivity contribution in [1.82, 2.24) is 10.7 Å². The molecule has 4 N–H and O–H groups in total. The molecule has 1 aromatic carbocycles. The number of thiocarbonyl (C=S) groups is 1. The summed E-state index contributed by atoms with van der Waals surface area (Å²) >= 11 is 8.51. The van der Waals surface area contributed by atoms with Crippen molar-refractivity contribution in [3.05, 3.63) is 28.2 Å². The van der Waals surface area contributed by atoms with Crippen molar-refractivity contribution in [1.29, 1.82) is 0 Å². The number of phenols is 1. The molecule has 0 atom stereocenters. The summed E-state index contributed by atoms with van der Waals surface area (Å²) in [4.78, 5) is 1.58. The van der Waals surface area contributed by atoms with E-state index in [9.17, 15) is 5.11 Å². The highest BCUT2D eigenvalue weighted by Crippen LogP contribution is 2.19.